The number of para-hydroxylation sites is 1. The van der Waals surface area contributed by atoms with Crippen LogP contribution in [0.25, 0.3) is 22.4 Å². The fraction of sp³-hybridized carbons (Fsp3) is 0. The molecule has 0 fully saturated rings. The van der Waals surface area contributed by atoms with Crippen molar-refractivity contribution in [1.82, 2.24) is 15.2 Å². The van der Waals surface area contributed by atoms with Crippen LogP contribution >= 0.6 is 0 Å². The first kappa shape index (κ1) is 12.5. The molecule has 0 aliphatic carbocycles. The van der Waals surface area contributed by atoms with Crippen LogP contribution in [0.15, 0.2) is 71.3 Å². The zero-order chi connectivity index (χ0) is 14.8. The summed E-state index contributed by atoms with van der Waals surface area (Å²) in [4.78, 5) is 4.30. The predicted molar refractivity (Wildman–Crippen MR) is 84.8 cm³/mol. The van der Waals surface area contributed by atoms with E-state index in [0.29, 0.717) is 11.9 Å². The van der Waals surface area contributed by atoms with Gasteiger partial charge in [-0.25, -0.2) is 0 Å². The maximum Gasteiger partial charge on any atom is 0.320 e. The molecule has 22 heavy (non-hydrogen) atoms. The Morgan fingerprint density at radius 1 is 0.864 bits per heavy atom. The van der Waals surface area contributed by atoms with Gasteiger partial charge in [0.25, 0.3) is 0 Å². The first-order valence-electron chi connectivity index (χ1n) is 6.89. The first-order chi connectivity index (χ1) is 10.9. The molecule has 5 heteroatoms. The smallest absolute Gasteiger partial charge is 0.320 e. The van der Waals surface area contributed by atoms with Crippen molar-refractivity contribution in [3.63, 3.8) is 0 Å². The minimum absolute atomic E-state index is 0.368. The molecular formula is C17H12N4O. The van der Waals surface area contributed by atoms with Crippen LogP contribution in [-0.2, 0) is 0 Å². The molecule has 5 nitrogen and oxygen atoms in total. The van der Waals surface area contributed by atoms with E-state index in [0.717, 1.165) is 22.2 Å². The Bertz CT molecular complexity index is 918. The Kier molecular flexibility index (Phi) is 3.01. The Morgan fingerprint density at radius 2 is 1.77 bits per heavy atom. The minimum Gasteiger partial charge on any atom is -0.403 e. The van der Waals surface area contributed by atoms with Crippen LogP contribution in [0.3, 0.4) is 0 Å². The van der Waals surface area contributed by atoms with Gasteiger partial charge in [0.1, 0.15) is 0 Å². The van der Waals surface area contributed by atoms with Gasteiger partial charge in [-0.1, -0.05) is 29.4 Å². The number of nitrogens with one attached hydrogen (secondary N) is 1. The van der Waals surface area contributed by atoms with E-state index in [9.17, 15) is 0 Å². The summed E-state index contributed by atoms with van der Waals surface area (Å²) >= 11 is 0. The number of nitrogens with zero attached hydrogens (tertiary/aromatic N) is 3. The summed E-state index contributed by atoms with van der Waals surface area (Å²) in [6.45, 7) is 0. The van der Waals surface area contributed by atoms with Gasteiger partial charge in [0.2, 0.25) is 5.89 Å². The van der Waals surface area contributed by atoms with Crippen molar-refractivity contribution in [3.8, 4) is 11.5 Å². The summed E-state index contributed by atoms with van der Waals surface area (Å²) in [6.07, 6.45) is 1.77. The van der Waals surface area contributed by atoms with Crippen LogP contribution in [0, 0.1) is 0 Å². The number of hydrogen-bond donors (Lipinski definition) is 1. The van der Waals surface area contributed by atoms with E-state index in [1.807, 2.05) is 60.7 Å². The van der Waals surface area contributed by atoms with Gasteiger partial charge in [0, 0.05) is 22.8 Å². The standard InChI is InChI=1S/C17H12N4O/c1-2-6-14(7-3-1)19-17-21-20-16(22-17)13-8-9-15-12(11-13)5-4-10-18-15/h1-11H,(H,19,21). The fourth-order valence-electron chi connectivity index (χ4n) is 2.24. The Hall–Kier alpha value is -3.21. The number of pyridine rings is 1. The molecule has 4 rings (SSSR count). The lowest BCUT2D eigenvalue weighted by atomic mass is 10.1. The molecule has 0 amide bonds. The zero-order valence-corrected chi connectivity index (χ0v) is 11.6. The lowest BCUT2D eigenvalue weighted by Gasteiger charge is -2.00. The minimum atomic E-state index is 0.368. The third-order valence-corrected chi connectivity index (χ3v) is 3.30. The molecule has 2 aromatic heterocycles. The molecule has 2 heterocycles. The number of fused-ring (bicyclic) bond motifs is 1. The van der Waals surface area contributed by atoms with Crippen molar-refractivity contribution in [2.75, 3.05) is 5.32 Å². The summed E-state index contributed by atoms with van der Waals surface area (Å²) in [5.41, 5.74) is 2.71. The maximum absolute atomic E-state index is 5.67. The SMILES string of the molecule is c1ccc(Nc2nnc(-c3ccc4ncccc4c3)o2)cc1. The third-order valence-electron chi connectivity index (χ3n) is 3.30. The topological polar surface area (TPSA) is 63.8 Å². The van der Waals surface area contributed by atoms with Crippen LogP contribution in [0.5, 0.6) is 0 Å². The van der Waals surface area contributed by atoms with Crippen molar-refractivity contribution in [2.24, 2.45) is 0 Å². The number of hydrogen-bond acceptors (Lipinski definition) is 5. The third kappa shape index (κ3) is 2.40. The van der Waals surface area contributed by atoms with Gasteiger partial charge in [0.05, 0.1) is 5.52 Å². The molecule has 0 bridgehead atoms. The van der Waals surface area contributed by atoms with Gasteiger partial charge in [0.15, 0.2) is 0 Å². The van der Waals surface area contributed by atoms with Crippen molar-refractivity contribution in [2.45, 2.75) is 0 Å². The largest absolute Gasteiger partial charge is 0.403 e. The lowest BCUT2D eigenvalue weighted by Crippen LogP contribution is -1.88. The molecule has 0 saturated carbocycles. The van der Waals surface area contributed by atoms with E-state index in [4.69, 9.17) is 4.42 Å². The predicted octanol–water partition coefficient (Wildman–Crippen LogP) is 4.03. The quantitative estimate of drug-likeness (QED) is 0.616. The van der Waals surface area contributed by atoms with Gasteiger partial charge >= 0.3 is 6.01 Å². The van der Waals surface area contributed by atoms with E-state index < -0.39 is 0 Å². The molecule has 4 aromatic rings. The molecule has 0 unspecified atom stereocenters. The monoisotopic (exact) mass is 288 g/mol. The molecule has 0 saturated heterocycles. The van der Waals surface area contributed by atoms with Gasteiger partial charge in [-0.3, -0.25) is 4.98 Å². The first-order valence-corrected chi connectivity index (χ1v) is 6.89. The molecule has 106 valence electrons. The van der Waals surface area contributed by atoms with Gasteiger partial charge in [-0.15, -0.1) is 5.10 Å². The van der Waals surface area contributed by atoms with Crippen molar-refractivity contribution < 1.29 is 4.42 Å². The second kappa shape index (κ2) is 5.29. The molecular weight excluding hydrogens is 276 g/mol. The maximum atomic E-state index is 5.67. The van der Waals surface area contributed by atoms with E-state index >= 15 is 0 Å². The number of rotatable bonds is 3. The highest BCUT2D eigenvalue weighted by Gasteiger charge is 2.09. The second-order valence-electron chi connectivity index (χ2n) is 4.81. The van der Waals surface area contributed by atoms with Crippen molar-refractivity contribution in [3.05, 3.63) is 66.9 Å². The summed E-state index contributed by atoms with van der Waals surface area (Å²) < 4.78 is 5.67. The summed E-state index contributed by atoms with van der Waals surface area (Å²) in [5.74, 6) is 0.476. The van der Waals surface area contributed by atoms with Crippen LogP contribution < -0.4 is 5.32 Å². The number of anilines is 2. The highest BCUT2D eigenvalue weighted by atomic mass is 16.4. The summed E-state index contributed by atoms with van der Waals surface area (Å²) in [6, 6.07) is 19.8. The molecule has 0 atom stereocenters. The van der Waals surface area contributed by atoms with E-state index in [-0.39, 0.29) is 0 Å². The number of benzene rings is 2. The van der Waals surface area contributed by atoms with E-state index in [1.54, 1.807) is 6.20 Å². The Morgan fingerprint density at radius 3 is 2.68 bits per heavy atom. The molecule has 0 aliphatic rings. The average molecular weight is 288 g/mol. The van der Waals surface area contributed by atoms with E-state index in [1.165, 1.54) is 0 Å². The van der Waals surface area contributed by atoms with Crippen LogP contribution in [0.4, 0.5) is 11.7 Å². The average Bonchev–Trinajstić information content (AvgIpc) is 3.04. The highest BCUT2D eigenvalue weighted by Crippen LogP contribution is 2.24. The van der Waals surface area contributed by atoms with Crippen LogP contribution in [0.2, 0.25) is 0 Å². The Labute approximate surface area is 126 Å². The van der Waals surface area contributed by atoms with Crippen LogP contribution in [-0.4, -0.2) is 15.2 Å². The van der Waals surface area contributed by atoms with Crippen LogP contribution in [0.1, 0.15) is 0 Å². The molecule has 0 spiro atoms. The molecule has 1 N–H and O–H groups in total. The molecule has 2 aromatic carbocycles. The van der Waals surface area contributed by atoms with Crippen molar-refractivity contribution >= 4 is 22.6 Å². The summed E-state index contributed by atoms with van der Waals surface area (Å²) in [7, 11) is 0. The zero-order valence-electron chi connectivity index (χ0n) is 11.6. The van der Waals surface area contributed by atoms with Crippen molar-refractivity contribution in [1.29, 1.82) is 0 Å². The highest BCUT2D eigenvalue weighted by molar-refractivity contribution is 5.82. The van der Waals surface area contributed by atoms with Gasteiger partial charge in [-0.2, -0.15) is 0 Å². The molecule has 0 radical (unpaired) electrons. The lowest BCUT2D eigenvalue weighted by molar-refractivity contribution is 0.588. The normalized spacial score (nSPS) is 10.7. The fourth-order valence-corrected chi connectivity index (χ4v) is 2.24. The second-order valence-corrected chi connectivity index (χ2v) is 4.81. The van der Waals surface area contributed by atoms with Gasteiger partial charge < -0.3 is 9.73 Å². The number of aromatic nitrogens is 3. The summed E-state index contributed by atoms with van der Waals surface area (Å²) in [5, 5.41) is 12.2. The van der Waals surface area contributed by atoms with Gasteiger partial charge in [-0.05, 0) is 36.4 Å². The Balaban J connectivity index is 1.65. The van der Waals surface area contributed by atoms with E-state index in [2.05, 4.69) is 20.5 Å². The molecule has 0 aliphatic heterocycles.